The van der Waals surface area contributed by atoms with Crippen LogP contribution in [0.2, 0.25) is 0 Å². The number of nitrogens with zero attached hydrogens (tertiary/aromatic N) is 2. The van der Waals surface area contributed by atoms with Crippen LogP contribution in [0.5, 0.6) is 0 Å². The molecule has 1 heterocycles. The van der Waals surface area contributed by atoms with Crippen LogP contribution in [0.3, 0.4) is 0 Å². The molecule has 0 amide bonds. The smallest absolute Gasteiger partial charge is 0.222 e. The van der Waals surface area contributed by atoms with E-state index in [1.165, 1.54) is 0 Å². The molecule has 110 valence electrons. The lowest BCUT2D eigenvalue weighted by Crippen LogP contribution is -2.41. The molecule has 21 heavy (non-hydrogen) atoms. The number of benzene rings is 1. The van der Waals surface area contributed by atoms with E-state index in [0.717, 1.165) is 22.0 Å². The molecule has 1 aliphatic rings. The Hall–Kier alpha value is -2.56. The lowest BCUT2D eigenvalue weighted by molar-refractivity contribution is 0.299. The summed E-state index contributed by atoms with van der Waals surface area (Å²) in [6.45, 7) is 6.56. The first-order chi connectivity index (χ1) is 10.3. The zero-order valence-electron chi connectivity index (χ0n) is 12.6. The van der Waals surface area contributed by atoms with Gasteiger partial charge in [0.05, 0.1) is 17.2 Å². The van der Waals surface area contributed by atoms with Crippen molar-refractivity contribution in [3.63, 3.8) is 0 Å². The summed E-state index contributed by atoms with van der Waals surface area (Å²) in [5, 5.41) is 4.94. The number of nitrogen functional groups attached to an aromatic ring is 1. The number of hydrogen-bond donors (Lipinski definition) is 2. The summed E-state index contributed by atoms with van der Waals surface area (Å²) in [6, 6.07) is 9.81. The van der Waals surface area contributed by atoms with E-state index in [2.05, 4.69) is 15.3 Å². The molecule has 5 nitrogen and oxygen atoms in total. The first-order valence-corrected chi connectivity index (χ1v) is 7.12. The Morgan fingerprint density at radius 3 is 2.52 bits per heavy atom. The van der Waals surface area contributed by atoms with Crippen LogP contribution in [0, 0.1) is 0 Å². The molecule has 0 aliphatic heterocycles. The molecule has 0 unspecified atom stereocenters. The largest absolute Gasteiger partial charge is 0.493 e. The Labute approximate surface area is 124 Å². The summed E-state index contributed by atoms with van der Waals surface area (Å²) in [6.07, 6.45) is 1.87. The average molecular weight is 284 g/mol. The predicted molar refractivity (Wildman–Crippen MR) is 86.3 cm³/mol. The fourth-order valence-electron chi connectivity index (χ4n) is 1.98. The van der Waals surface area contributed by atoms with Gasteiger partial charge in [0.1, 0.15) is 11.6 Å². The van der Waals surface area contributed by atoms with Crippen molar-refractivity contribution < 1.29 is 4.74 Å². The number of hydrogen-bond acceptors (Lipinski definition) is 5. The third-order valence-electron chi connectivity index (χ3n) is 2.80. The number of fused-ring (bicyclic) bond motifs is 1. The van der Waals surface area contributed by atoms with Crippen molar-refractivity contribution >= 4 is 29.3 Å². The molecule has 3 N–H and O–H groups in total. The highest BCUT2D eigenvalue weighted by molar-refractivity contribution is 5.80. The molecule has 0 atom stereocenters. The number of anilines is 3. The summed E-state index contributed by atoms with van der Waals surface area (Å²) in [5.41, 5.74) is 6.65. The first-order valence-electron chi connectivity index (χ1n) is 7.12. The average Bonchev–Trinajstić information content (AvgIpc) is 2.48. The maximum atomic E-state index is 5.70. The normalized spacial score (nSPS) is 11.3. The van der Waals surface area contributed by atoms with Crippen LogP contribution in [0.25, 0.3) is 11.8 Å². The molecular weight excluding hydrogens is 264 g/mol. The van der Waals surface area contributed by atoms with E-state index in [1.54, 1.807) is 0 Å². The molecule has 0 spiro atoms. The molecule has 1 aliphatic carbocycles. The summed E-state index contributed by atoms with van der Waals surface area (Å²) in [5.74, 6) is 1.74. The Morgan fingerprint density at radius 2 is 1.86 bits per heavy atom. The van der Waals surface area contributed by atoms with Gasteiger partial charge in [0.25, 0.3) is 0 Å². The van der Waals surface area contributed by atoms with E-state index in [4.69, 9.17) is 10.5 Å². The highest BCUT2D eigenvalue weighted by atomic mass is 16.5. The molecule has 3 rings (SSSR count). The van der Waals surface area contributed by atoms with Crippen molar-refractivity contribution in [3.05, 3.63) is 40.9 Å². The third-order valence-corrected chi connectivity index (χ3v) is 2.80. The topological polar surface area (TPSA) is 73.1 Å². The van der Waals surface area contributed by atoms with E-state index in [0.29, 0.717) is 12.4 Å². The van der Waals surface area contributed by atoms with Crippen LogP contribution in [-0.4, -0.2) is 16.6 Å². The number of aromatic nitrogens is 2. The van der Waals surface area contributed by atoms with Crippen LogP contribution >= 0.6 is 0 Å². The van der Waals surface area contributed by atoms with Crippen LogP contribution < -0.4 is 21.6 Å². The van der Waals surface area contributed by atoms with Gasteiger partial charge in [-0.15, -0.1) is 0 Å². The molecule has 0 bridgehead atoms. The fraction of sp³-hybridized carbons (Fsp3) is 0.250. The quantitative estimate of drug-likeness (QED) is 0.895. The van der Waals surface area contributed by atoms with Crippen LogP contribution in [0.4, 0.5) is 17.5 Å². The van der Waals surface area contributed by atoms with Gasteiger partial charge >= 0.3 is 0 Å². The fourth-order valence-corrected chi connectivity index (χ4v) is 1.98. The Bertz CT molecular complexity index is 726. The van der Waals surface area contributed by atoms with Crippen LogP contribution in [-0.2, 0) is 4.74 Å². The SMILES string of the molecule is CC.CCOC1=c2c(Nc3ccccc3)nc(N)nc2=C1. The van der Waals surface area contributed by atoms with E-state index in [9.17, 15) is 0 Å². The Morgan fingerprint density at radius 1 is 1.14 bits per heavy atom. The van der Waals surface area contributed by atoms with Gasteiger partial charge in [0.2, 0.25) is 5.95 Å². The predicted octanol–water partition coefficient (Wildman–Crippen LogP) is 1.77. The number of nitrogens with one attached hydrogen (secondary N) is 1. The van der Waals surface area contributed by atoms with Crippen molar-refractivity contribution in [2.75, 3.05) is 17.7 Å². The van der Waals surface area contributed by atoms with Crippen molar-refractivity contribution in [2.24, 2.45) is 0 Å². The number of ether oxygens (including phenoxy) is 1. The zero-order valence-corrected chi connectivity index (χ0v) is 12.6. The van der Waals surface area contributed by atoms with Crippen molar-refractivity contribution in [2.45, 2.75) is 20.8 Å². The molecule has 0 saturated heterocycles. The summed E-state index contributed by atoms with van der Waals surface area (Å²) in [4.78, 5) is 8.41. The summed E-state index contributed by atoms with van der Waals surface area (Å²) < 4.78 is 5.52. The molecule has 2 aromatic rings. The van der Waals surface area contributed by atoms with Crippen molar-refractivity contribution in [1.82, 2.24) is 9.97 Å². The van der Waals surface area contributed by atoms with E-state index < -0.39 is 0 Å². The maximum absolute atomic E-state index is 5.70. The Balaban J connectivity index is 0.000000774. The molecule has 0 fully saturated rings. The van der Waals surface area contributed by atoms with Gasteiger partial charge in [-0.3, -0.25) is 0 Å². The monoisotopic (exact) mass is 284 g/mol. The standard InChI is InChI=1S/C14H14N4O.C2H6/c1-2-19-11-8-10-12(11)13(18-14(15)17-10)16-9-6-4-3-5-7-9;1-2/h3-8H,2H2,1H3,(H3,15,16,17,18);1-2H3. The molecule has 0 radical (unpaired) electrons. The maximum Gasteiger partial charge on any atom is 0.222 e. The summed E-state index contributed by atoms with van der Waals surface area (Å²) >= 11 is 0. The molecular formula is C16H20N4O. The second-order valence-electron chi connectivity index (χ2n) is 4.12. The number of rotatable bonds is 4. The molecule has 1 aromatic carbocycles. The lowest BCUT2D eigenvalue weighted by Gasteiger charge is -2.15. The van der Waals surface area contributed by atoms with Gasteiger partial charge in [-0.2, -0.15) is 4.98 Å². The highest BCUT2D eigenvalue weighted by Gasteiger charge is 2.15. The van der Waals surface area contributed by atoms with Gasteiger partial charge in [-0.1, -0.05) is 32.0 Å². The first kappa shape index (κ1) is 14.8. The zero-order chi connectivity index (χ0) is 15.2. The van der Waals surface area contributed by atoms with Gasteiger partial charge in [0.15, 0.2) is 0 Å². The molecule has 1 aromatic heterocycles. The molecule has 0 saturated carbocycles. The third kappa shape index (κ3) is 3.13. The second-order valence-corrected chi connectivity index (χ2v) is 4.12. The number of nitrogens with two attached hydrogens (primary N) is 1. The van der Waals surface area contributed by atoms with Crippen LogP contribution in [0.1, 0.15) is 20.8 Å². The van der Waals surface area contributed by atoms with Gasteiger partial charge in [-0.25, -0.2) is 4.98 Å². The molecule has 5 heteroatoms. The van der Waals surface area contributed by atoms with E-state index in [1.807, 2.05) is 57.2 Å². The second kappa shape index (κ2) is 6.74. The van der Waals surface area contributed by atoms with E-state index >= 15 is 0 Å². The summed E-state index contributed by atoms with van der Waals surface area (Å²) in [7, 11) is 0. The number of para-hydroxylation sites is 1. The van der Waals surface area contributed by atoms with Gasteiger partial charge in [0, 0.05) is 11.8 Å². The van der Waals surface area contributed by atoms with Gasteiger partial charge < -0.3 is 15.8 Å². The van der Waals surface area contributed by atoms with Crippen molar-refractivity contribution in [1.29, 1.82) is 0 Å². The minimum absolute atomic E-state index is 0.254. The van der Waals surface area contributed by atoms with Crippen LogP contribution in [0.15, 0.2) is 30.3 Å². The highest BCUT2D eigenvalue weighted by Crippen LogP contribution is 2.13. The minimum atomic E-state index is 0.254. The Kier molecular flexibility index (Phi) is 4.77. The van der Waals surface area contributed by atoms with Crippen molar-refractivity contribution in [3.8, 4) is 0 Å². The van der Waals surface area contributed by atoms with Gasteiger partial charge in [-0.05, 0) is 19.1 Å². The van der Waals surface area contributed by atoms with E-state index in [-0.39, 0.29) is 5.95 Å². The minimum Gasteiger partial charge on any atom is -0.493 e. The lowest BCUT2D eigenvalue weighted by atomic mass is 10.2.